The van der Waals surface area contributed by atoms with Crippen LogP contribution in [0.3, 0.4) is 0 Å². The van der Waals surface area contributed by atoms with Gasteiger partial charge in [-0.3, -0.25) is 9.59 Å². The van der Waals surface area contributed by atoms with E-state index < -0.39 is 5.91 Å². The number of fused-ring (bicyclic) bond motifs is 2. The van der Waals surface area contributed by atoms with E-state index in [4.69, 9.17) is 5.73 Å². The van der Waals surface area contributed by atoms with Gasteiger partial charge in [0.2, 0.25) is 11.8 Å². The molecule has 2 saturated carbocycles. The van der Waals surface area contributed by atoms with E-state index in [1.165, 1.54) is 19.3 Å². The molecule has 24 heavy (non-hydrogen) atoms. The molecule has 1 saturated heterocycles. The summed E-state index contributed by atoms with van der Waals surface area (Å²) in [7, 11) is 0. The molecule has 3 aliphatic rings. The Balaban J connectivity index is 1.34. The van der Waals surface area contributed by atoms with Gasteiger partial charge in [-0.1, -0.05) is 6.42 Å². The summed E-state index contributed by atoms with van der Waals surface area (Å²) in [6.07, 6.45) is 5.00. The molecular weight excluding hydrogens is 302 g/mol. The lowest BCUT2D eigenvalue weighted by Crippen LogP contribution is -2.51. The average Bonchev–Trinajstić information content (AvgIpc) is 3.25. The smallest absolute Gasteiger partial charge is 0.248 e. The summed E-state index contributed by atoms with van der Waals surface area (Å²) in [5.41, 5.74) is 6.90. The van der Waals surface area contributed by atoms with Crippen LogP contribution in [0.2, 0.25) is 0 Å². The Morgan fingerprint density at radius 1 is 0.958 bits per heavy atom. The third kappa shape index (κ3) is 2.76. The lowest BCUT2D eigenvalue weighted by molar-refractivity contribution is -0.137. The molecule has 0 aromatic heterocycles. The fraction of sp³-hybridized carbons (Fsp3) is 0.579. The van der Waals surface area contributed by atoms with Crippen LogP contribution in [0.4, 0.5) is 5.69 Å². The highest BCUT2D eigenvalue weighted by molar-refractivity contribution is 5.93. The first-order valence-corrected chi connectivity index (χ1v) is 9.05. The Kier molecular flexibility index (Phi) is 3.94. The molecule has 128 valence electrons. The van der Waals surface area contributed by atoms with E-state index in [1.54, 1.807) is 12.1 Å². The molecule has 2 amide bonds. The summed E-state index contributed by atoms with van der Waals surface area (Å²) >= 11 is 0. The van der Waals surface area contributed by atoms with Crippen molar-refractivity contribution in [2.24, 2.45) is 23.5 Å². The second-order valence-corrected chi connectivity index (χ2v) is 7.50. The Hall–Kier alpha value is -2.04. The van der Waals surface area contributed by atoms with Crippen molar-refractivity contribution in [2.45, 2.75) is 25.7 Å². The van der Waals surface area contributed by atoms with E-state index in [9.17, 15) is 9.59 Å². The van der Waals surface area contributed by atoms with Crippen LogP contribution >= 0.6 is 0 Å². The fourth-order valence-electron chi connectivity index (χ4n) is 4.80. The monoisotopic (exact) mass is 327 g/mol. The molecule has 0 radical (unpaired) electrons. The van der Waals surface area contributed by atoms with Crippen LogP contribution < -0.4 is 10.6 Å². The van der Waals surface area contributed by atoms with Crippen molar-refractivity contribution < 1.29 is 9.59 Å². The molecule has 2 bridgehead atoms. The maximum Gasteiger partial charge on any atom is 0.248 e. The molecule has 1 aromatic rings. The van der Waals surface area contributed by atoms with Crippen LogP contribution in [0.25, 0.3) is 0 Å². The summed E-state index contributed by atoms with van der Waals surface area (Å²) in [5, 5.41) is 0. The largest absolute Gasteiger partial charge is 0.368 e. The van der Waals surface area contributed by atoms with Gasteiger partial charge in [0.05, 0.1) is 0 Å². The third-order valence-corrected chi connectivity index (χ3v) is 6.16. The van der Waals surface area contributed by atoms with Crippen molar-refractivity contribution in [3.8, 4) is 0 Å². The first-order chi connectivity index (χ1) is 11.6. The van der Waals surface area contributed by atoms with Crippen LogP contribution in [0.5, 0.6) is 0 Å². The van der Waals surface area contributed by atoms with E-state index >= 15 is 0 Å². The standard InChI is InChI=1S/C19H25N3O2/c20-18(23)14-3-5-16(6-4-14)21-7-9-22(10-8-21)19(24)17-12-13-1-2-15(17)11-13/h3-6,13,15,17H,1-2,7-12H2,(H2,20,23)/t13-,15-,17-/m0/s1. The zero-order valence-corrected chi connectivity index (χ0v) is 14.0. The van der Waals surface area contributed by atoms with Gasteiger partial charge in [0, 0.05) is 43.3 Å². The predicted molar refractivity (Wildman–Crippen MR) is 92.7 cm³/mol. The van der Waals surface area contributed by atoms with Crippen LogP contribution in [0, 0.1) is 17.8 Å². The topological polar surface area (TPSA) is 66.6 Å². The highest BCUT2D eigenvalue weighted by Crippen LogP contribution is 2.48. The van der Waals surface area contributed by atoms with Gasteiger partial charge in [-0.05, 0) is 55.4 Å². The molecule has 3 atom stereocenters. The summed E-state index contributed by atoms with van der Waals surface area (Å²) in [4.78, 5) is 28.3. The van der Waals surface area contributed by atoms with E-state index in [2.05, 4.69) is 9.80 Å². The first kappa shape index (κ1) is 15.5. The van der Waals surface area contributed by atoms with E-state index in [1.807, 2.05) is 12.1 Å². The normalized spacial score (nSPS) is 29.1. The fourth-order valence-corrected chi connectivity index (χ4v) is 4.80. The van der Waals surface area contributed by atoms with Gasteiger partial charge < -0.3 is 15.5 Å². The molecular formula is C19H25N3O2. The van der Waals surface area contributed by atoms with Gasteiger partial charge >= 0.3 is 0 Å². The van der Waals surface area contributed by atoms with Crippen molar-refractivity contribution in [3.63, 3.8) is 0 Å². The quantitative estimate of drug-likeness (QED) is 0.921. The number of piperazine rings is 1. The molecule has 4 rings (SSSR count). The Morgan fingerprint density at radius 3 is 2.21 bits per heavy atom. The van der Waals surface area contributed by atoms with Crippen molar-refractivity contribution in [3.05, 3.63) is 29.8 Å². The lowest BCUT2D eigenvalue weighted by Gasteiger charge is -2.38. The first-order valence-electron chi connectivity index (χ1n) is 9.05. The van der Waals surface area contributed by atoms with Gasteiger partial charge in [0.25, 0.3) is 0 Å². The van der Waals surface area contributed by atoms with E-state index in [0.717, 1.165) is 44.2 Å². The minimum absolute atomic E-state index is 0.296. The zero-order chi connectivity index (χ0) is 16.7. The van der Waals surface area contributed by atoms with Crippen LogP contribution in [-0.2, 0) is 4.79 Å². The SMILES string of the molecule is NC(=O)c1ccc(N2CCN(C(=O)[C@H]3C[C@H]4CC[C@H]3C4)CC2)cc1. The Bertz CT molecular complexity index is 635. The highest BCUT2D eigenvalue weighted by atomic mass is 16.2. The van der Waals surface area contributed by atoms with Crippen molar-refractivity contribution in [1.82, 2.24) is 4.90 Å². The average molecular weight is 327 g/mol. The van der Waals surface area contributed by atoms with Gasteiger partial charge in [-0.2, -0.15) is 0 Å². The molecule has 0 unspecified atom stereocenters. The molecule has 0 spiro atoms. The van der Waals surface area contributed by atoms with Gasteiger partial charge in [0.15, 0.2) is 0 Å². The third-order valence-electron chi connectivity index (χ3n) is 6.16. The summed E-state index contributed by atoms with van der Waals surface area (Å²) in [6.45, 7) is 3.29. The van der Waals surface area contributed by atoms with E-state index in [-0.39, 0.29) is 0 Å². The molecule has 5 nitrogen and oxygen atoms in total. The number of anilines is 1. The second-order valence-electron chi connectivity index (χ2n) is 7.50. The van der Waals surface area contributed by atoms with Gasteiger partial charge in [-0.25, -0.2) is 0 Å². The number of nitrogens with zero attached hydrogens (tertiary/aromatic N) is 2. The zero-order valence-electron chi connectivity index (χ0n) is 14.0. The Morgan fingerprint density at radius 2 is 1.67 bits per heavy atom. The van der Waals surface area contributed by atoms with Crippen molar-refractivity contribution >= 4 is 17.5 Å². The molecule has 1 aromatic carbocycles. The summed E-state index contributed by atoms with van der Waals surface area (Å²) in [6, 6.07) is 7.41. The summed E-state index contributed by atoms with van der Waals surface area (Å²) in [5.74, 6) is 1.76. The molecule has 5 heteroatoms. The molecule has 2 aliphatic carbocycles. The number of amides is 2. The predicted octanol–water partition coefficient (Wildman–Crippen LogP) is 1.87. The Labute approximate surface area is 142 Å². The molecule has 1 aliphatic heterocycles. The highest BCUT2D eigenvalue weighted by Gasteiger charge is 2.44. The molecule has 2 N–H and O–H groups in total. The lowest BCUT2D eigenvalue weighted by atomic mass is 9.87. The van der Waals surface area contributed by atoms with Gasteiger partial charge in [-0.15, -0.1) is 0 Å². The summed E-state index contributed by atoms with van der Waals surface area (Å²) < 4.78 is 0. The van der Waals surface area contributed by atoms with Gasteiger partial charge in [0.1, 0.15) is 0 Å². The molecule has 1 heterocycles. The number of benzene rings is 1. The van der Waals surface area contributed by atoms with Crippen molar-refractivity contribution in [1.29, 1.82) is 0 Å². The number of rotatable bonds is 3. The van der Waals surface area contributed by atoms with Crippen molar-refractivity contribution in [2.75, 3.05) is 31.1 Å². The number of hydrogen-bond donors (Lipinski definition) is 1. The maximum atomic E-state index is 12.8. The maximum absolute atomic E-state index is 12.8. The van der Waals surface area contributed by atoms with Crippen LogP contribution in [0.15, 0.2) is 24.3 Å². The number of primary amides is 1. The molecule has 3 fully saturated rings. The minimum Gasteiger partial charge on any atom is -0.368 e. The second kappa shape index (κ2) is 6.11. The number of nitrogens with two attached hydrogens (primary N) is 1. The van der Waals surface area contributed by atoms with Crippen LogP contribution in [-0.4, -0.2) is 42.9 Å². The number of carbonyl (C=O) groups excluding carboxylic acids is 2. The number of hydrogen-bond acceptors (Lipinski definition) is 3. The van der Waals surface area contributed by atoms with Crippen LogP contribution in [0.1, 0.15) is 36.0 Å². The number of carbonyl (C=O) groups is 2. The minimum atomic E-state index is -0.400. The van der Waals surface area contributed by atoms with E-state index in [0.29, 0.717) is 23.3 Å².